The van der Waals surface area contributed by atoms with Crippen molar-refractivity contribution >= 4 is 34.4 Å². The van der Waals surface area contributed by atoms with Gasteiger partial charge in [-0.2, -0.15) is 22.0 Å². The Labute approximate surface area is 241 Å². The first-order chi connectivity index (χ1) is 20.0. The van der Waals surface area contributed by atoms with Gasteiger partial charge in [-0.25, -0.2) is 0 Å². The SMILES string of the molecule is O=C(N[C@@H]1CCN(C(=O)c2cc(Cl)c3nccnc3c2)C[C@H]1c1ccc(C(F)(F)F)cc1)c1ccccc1OC(F)F. The first kappa shape index (κ1) is 29.2. The van der Waals surface area contributed by atoms with Crippen LogP contribution in [0.25, 0.3) is 11.0 Å². The highest BCUT2D eigenvalue weighted by Crippen LogP contribution is 2.34. The number of aromatic nitrogens is 2. The molecule has 42 heavy (non-hydrogen) atoms. The van der Waals surface area contributed by atoms with Crippen LogP contribution in [0.5, 0.6) is 5.75 Å². The molecule has 2 heterocycles. The molecule has 218 valence electrons. The fraction of sp³-hybridized carbons (Fsp3) is 0.241. The Bertz CT molecular complexity index is 1620. The van der Waals surface area contributed by atoms with E-state index in [0.29, 0.717) is 16.6 Å². The van der Waals surface area contributed by atoms with Gasteiger partial charge in [-0.1, -0.05) is 35.9 Å². The number of nitrogens with one attached hydrogen (secondary N) is 1. The number of benzene rings is 3. The van der Waals surface area contributed by atoms with Crippen LogP contribution in [0.1, 0.15) is 44.2 Å². The number of carbonyl (C=O) groups excluding carboxylic acids is 2. The summed E-state index contributed by atoms with van der Waals surface area (Å²) in [5.41, 5.74) is 0.565. The molecule has 13 heteroatoms. The van der Waals surface area contributed by atoms with Crippen molar-refractivity contribution in [1.82, 2.24) is 20.2 Å². The lowest BCUT2D eigenvalue weighted by atomic mass is 9.85. The molecule has 1 aliphatic heterocycles. The van der Waals surface area contributed by atoms with Gasteiger partial charge < -0.3 is 15.0 Å². The maximum atomic E-state index is 13.6. The number of carbonyl (C=O) groups is 2. The average molecular weight is 605 g/mol. The van der Waals surface area contributed by atoms with Gasteiger partial charge in [0, 0.05) is 43.0 Å². The van der Waals surface area contributed by atoms with Gasteiger partial charge >= 0.3 is 12.8 Å². The molecule has 0 bridgehead atoms. The summed E-state index contributed by atoms with van der Waals surface area (Å²) in [6.07, 6.45) is -1.39. The quantitative estimate of drug-likeness (QED) is 0.260. The Kier molecular flexibility index (Phi) is 8.26. The Morgan fingerprint density at radius 3 is 2.45 bits per heavy atom. The van der Waals surface area contributed by atoms with Crippen LogP contribution < -0.4 is 10.1 Å². The molecule has 2 amide bonds. The largest absolute Gasteiger partial charge is 0.434 e. The summed E-state index contributed by atoms with van der Waals surface area (Å²) in [6, 6.07) is 12.3. The zero-order chi connectivity index (χ0) is 30.0. The summed E-state index contributed by atoms with van der Waals surface area (Å²) in [7, 11) is 0. The van der Waals surface area contributed by atoms with Gasteiger partial charge in [0.25, 0.3) is 11.8 Å². The number of hydrogen-bond donors (Lipinski definition) is 1. The molecule has 5 rings (SSSR count). The van der Waals surface area contributed by atoms with Crippen LogP contribution in [0.15, 0.2) is 73.1 Å². The third-order valence-electron chi connectivity index (χ3n) is 7.00. The molecule has 0 aliphatic carbocycles. The summed E-state index contributed by atoms with van der Waals surface area (Å²) in [5.74, 6) is -2.04. The fourth-order valence-corrected chi connectivity index (χ4v) is 5.27. The molecule has 4 aromatic rings. The van der Waals surface area contributed by atoms with Crippen molar-refractivity contribution in [2.45, 2.75) is 31.2 Å². The molecule has 2 atom stereocenters. The predicted molar refractivity (Wildman–Crippen MR) is 144 cm³/mol. The van der Waals surface area contributed by atoms with E-state index in [1.54, 1.807) is 6.07 Å². The summed E-state index contributed by atoms with van der Waals surface area (Å²) in [6.45, 7) is -2.92. The highest BCUT2D eigenvalue weighted by atomic mass is 35.5. The van der Waals surface area contributed by atoms with Crippen molar-refractivity contribution in [3.8, 4) is 5.75 Å². The van der Waals surface area contributed by atoms with Crippen LogP contribution in [0, 0.1) is 0 Å². The minimum Gasteiger partial charge on any atom is -0.434 e. The van der Waals surface area contributed by atoms with Crippen LogP contribution in [0.3, 0.4) is 0 Å². The summed E-state index contributed by atoms with van der Waals surface area (Å²) in [5, 5.41) is 3.04. The monoisotopic (exact) mass is 604 g/mol. The minimum absolute atomic E-state index is 0.0421. The van der Waals surface area contributed by atoms with Crippen LogP contribution in [0.4, 0.5) is 22.0 Å². The van der Waals surface area contributed by atoms with Gasteiger partial charge in [0.15, 0.2) is 0 Å². The molecule has 0 saturated carbocycles. The van der Waals surface area contributed by atoms with E-state index in [4.69, 9.17) is 11.6 Å². The highest BCUT2D eigenvalue weighted by Gasteiger charge is 2.36. The number of ether oxygens (including phenoxy) is 1. The van der Waals surface area contributed by atoms with E-state index in [0.717, 1.165) is 12.1 Å². The summed E-state index contributed by atoms with van der Waals surface area (Å²) in [4.78, 5) is 36.6. The molecule has 0 unspecified atom stereocenters. The van der Waals surface area contributed by atoms with Crippen molar-refractivity contribution in [3.63, 3.8) is 0 Å². The molecule has 1 N–H and O–H groups in total. The van der Waals surface area contributed by atoms with E-state index >= 15 is 0 Å². The van der Waals surface area contributed by atoms with Crippen molar-refractivity contribution in [2.75, 3.05) is 13.1 Å². The maximum absolute atomic E-state index is 13.6. The van der Waals surface area contributed by atoms with Crippen LogP contribution in [-0.4, -0.2) is 52.4 Å². The second-order valence-electron chi connectivity index (χ2n) is 9.60. The van der Waals surface area contributed by atoms with E-state index in [2.05, 4.69) is 20.0 Å². The lowest BCUT2D eigenvalue weighted by molar-refractivity contribution is -0.137. The van der Waals surface area contributed by atoms with E-state index in [9.17, 15) is 31.5 Å². The number of piperidine rings is 1. The van der Waals surface area contributed by atoms with Gasteiger partial charge in [-0.15, -0.1) is 0 Å². The first-order valence-corrected chi connectivity index (χ1v) is 13.1. The van der Waals surface area contributed by atoms with Crippen molar-refractivity contribution in [3.05, 3.63) is 100 Å². The summed E-state index contributed by atoms with van der Waals surface area (Å²) >= 11 is 6.33. The number of amides is 2. The Hall–Kier alpha value is -4.32. The molecular formula is C29H22ClF5N4O3. The Morgan fingerprint density at radius 1 is 1.02 bits per heavy atom. The van der Waals surface area contributed by atoms with Crippen LogP contribution >= 0.6 is 11.6 Å². The predicted octanol–water partition coefficient (Wildman–Crippen LogP) is 6.33. The number of rotatable bonds is 6. The number of nitrogens with zero attached hydrogens (tertiary/aromatic N) is 3. The molecule has 7 nitrogen and oxygen atoms in total. The minimum atomic E-state index is -4.55. The lowest BCUT2D eigenvalue weighted by Gasteiger charge is -2.39. The molecule has 0 radical (unpaired) electrons. The number of fused-ring (bicyclic) bond motifs is 1. The van der Waals surface area contributed by atoms with Crippen molar-refractivity contribution < 1.29 is 36.3 Å². The van der Waals surface area contributed by atoms with E-state index in [1.165, 1.54) is 59.8 Å². The van der Waals surface area contributed by atoms with Gasteiger partial charge in [0.2, 0.25) is 0 Å². The van der Waals surface area contributed by atoms with E-state index < -0.39 is 36.2 Å². The lowest BCUT2D eigenvalue weighted by Crippen LogP contribution is -2.51. The van der Waals surface area contributed by atoms with E-state index in [1.807, 2.05) is 0 Å². The molecule has 1 fully saturated rings. The molecule has 1 aromatic heterocycles. The number of hydrogen-bond acceptors (Lipinski definition) is 5. The highest BCUT2D eigenvalue weighted by molar-refractivity contribution is 6.35. The number of para-hydroxylation sites is 1. The molecule has 0 spiro atoms. The maximum Gasteiger partial charge on any atom is 0.416 e. The van der Waals surface area contributed by atoms with Crippen LogP contribution in [0.2, 0.25) is 5.02 Å². The second kappa shape index (κ2) is 11.9. The average Bonchev–Trinajstić information content (AvgIpc) is 2.96. The van der Waals surface area contributed by atoms with Crippen molar-refractivity contribution in [1.29, 1.82) is 0 Å². The zero-order valence-electron chi connectivity index (χ0n) is 21.6. The molecule has 1 aliphatic rings. The standard InChI is InChI=1S/C29H22ClF5N4O3/c30-21-13-17(14-23-25(21)37-11-10-36-23)27(41)39-12-9-22(20(15-39)16-5-7-18(8-6-16)29(33,34)35)38-26(40)19-3-1-2-4-24(19)42-28(31)32/h1-8,10-11,13-14,20,22,28H,9,12,15H2,(H,38,40)/t20-,22+/m0/s1. The molecule has 3 aromatic carbocycles. The van der Waals surface area contributed by atoms with E-state index in [-0.39, 0.29) is 47.3 Å². The Balaban J connectivity index is 1.44. The smallest absolute Gasteiger partial charge is 0.416 e. The van der Waals surface area contributed by atoms with Crippen LogP contribution in [-0.2, 0) is 6.18 Å². The van der Waals surface area contributed by atoms with Gasteiger partial charge in [0.05, 0.1) is 21.7 Å². The number of alkyl halides is 5. The Morgan fingerprint density at radius 2 is 1.74 bits per heavy atom. The van der Waals surface area contributed by atoms with Crippen molar-refractivity contribution in [2.24, 2.45) is 0 Å². The topological polar surface area (TPSA) is 84.4 Å². The summed E-state index contributed by atoms with van der Waals surface area (Å²) < 4.78 is 70.0. The molecular weight excluding hydrogens is 583 g/mol. The molecule has 1 saturated heterocycles. The van der Waals surface area contributed by atoms with Gasteiger partial charge in [-0.3, -0.25) is 19.6 Å². The normalized spacial score (nSPS) is 17.4. The fourth-order valence-electron chi connectivity index (χ4n) is 5.00. The number of halogens is 6. The third kappa shape index (κ3) is 6.28. The van der Waals surface area contributed by atoms with Gasteiger partial charge in [-0.05, 0) is 48.4 Å². The number of likely N-dealkylation sites (tertiary alicyclic amines) is 1. The zero-order valence-corrected chi connectivity index (χ0v) is 22.4. The third-order valence-corrected chi connectivity index (χ3v) is 7.29. The van der Waals surface area contributed by atoms with Gasteiger partial charge in [0.1, 0.15) is 11.3 Å². The first-order valence-electron chi connectivity index (χ1n) is 12.7. The second-order valence-corrected chi connectivity index (χ2v) is 10.0.